The minimum atomic E-state index is -0.878. The molecule has 1 unspecified atom stereocenters. The SMILES string of the molecule is NCC(O)(c1cccnc1)C1C2CC3CC(C2)CC1C3. The summed E-state index contributed by atoms with van der Waals surface area (Å²) in [6.07, 6.45) is 10.2. The van der Waals surface area contributed by atoms with E-state index >= 15 is 0 Å². The van der Waals surface area contributed by atoms with E-state index in [1.807, 2.05) is 12.1 Å². The minimum Gasteiger partial charge on any atom is -0.383 e. The summed E-state index contributed by atoms with van der Waals surface area (Å²) in [5.74, 6) is 3.51. The summed E-state index contributed by atoms with van der Waals surface area (Å²) in [5, 5.41) is 11.4. The Bertz CT molecular complexity index is 461. The van der Waals surface area contributed by atoms with Gasteiger partial charge in [0.2, 0.25) is 0 Å². The Balaban J connectivity index is 1.71. The summed E-state index contributed by atoms with van der Waals surface area (Å²) in [6, 6.07) is 3.90. The van der Waals surface area contributed by atoms with Crippen LogP contribution in [0.25, 0.3) is 0 Å². The van der Waals surface area contributed by atoms with Crippen LogP contribution >= 0.6 is 0 Å². The molecule has 0 aromatic carbocycles. The lowest BCUT2D eigenvalue weighted by Gasteiger charge is -2.58. The Hall–Kier alpha value is -0.930. The van der Waals surface area contributed by atoms with Crippen molar-refractivity contribution in [3.05, 3.63) is 30.1 Å². The molecule has 1 aromatic rings. The van der Waals surface area contributed by atoms with Gasteiger partial charge in [-0.15, -0.1) is 0 Å². The van der Waals surface area contributed by atoms with Crippen molar-refractivity contribution in [1.29, 1.82) is 0 Å². The highest BCUT2D eigenvalue weighted by atomic mass is 16.3. The number of aromatic nitrogens is 1. The standard InChI is InChI=1S/C17H24N2O/c18-10-17(20,15-2-1-3-19-9-15)16-13-5-11-4-12(7-13)8-14(16)6-11/h1-3,9,11-14,16,20H,4-8,10,18H2. The van der Waals surface area contributed by atoms with Crippen molar-refractivity contribution in [2.45, 2.75) is 37.7 Å². The van der Waals surface area contributed by atoms with Crippen LogP contribution in [-0.2, 0) is 5.60 Å². The van der Waals surface area contributed by atoms with Gasteiger partial charge in [0, 0.05) is 24.5 Å². The van der Waals surface area contributed by atoms with Crippen molar-refractivity contribution in [3.8, 4) is 0 Å². The van der Waals surface area contributed by atoms with E-state index in [1.54, 1.807) is 12.4 Å². The summed E-state index contributed by atoms with van der Waals surface area (Å²) in [4.78, 5) is 4.20. The van der Waals surface area contributed by atoms with Crippen molar-refractivity contribution in [3.63, 3.8) is 0 Å². The minimum absolute atomic E-state index is 0.311. The van der Waals surface area contributed by atoms with Crippen molar-refractivity contribution in [1.82, 2.24) is 4.98 Å². The van der Waals surface area contributed by atoms with Gasteiger partial charge in [0.25, 0.3) is 0 Å². The molecule has 4 fully saturated rings. The van der Waals surface area contributed by atoms with Crippen LogP contribution in [0.3, 0.4) is 0 Å². The van der Waals surface area contributed by atoms with E-state index < -0.39 is 5.60 Å². The van der Waals surface area contributed by atoms with E-state index in [1.165, 1.54) is 32.1 Å². The molecule has 0 saturated heterocycles. The maximum Gasteiger partial charge on any atom is 0.107 e. The van der Waals surface area contributed by atoms with Crippen LogP contribution in [0.2, 0.25) is 0 Å². The normalized spacial score (nSPS) is 41.6. The van der Waals surface area contributed by atoms with Crippen LogP contribution < -0.4 is 5.73 Å². The fraction of sp³-hybridized carbons (Fsp3) is 0.706. The van der Waals surface area contributed by atoms with Crippen LogP contribution in [-0.4, -0.2) is 16.6 Å². The topological polar surface area (TPSA) is 59.1 Å². The van der Waals surface area contributed by atoms with Crippen molar-refractivity contribution >= 4 is 0 Å². The lowest BCUT2D eigenvalue weighted by Crippen LogP contribution is -2.56. The zero-order valence-corrected chi connectivity index (χ0v) is 11.9. The molecule has 4 aliphatic carbocycles. The van der Waals surface area contributed by atoms with Gasteiger partial charge in [-0.1, -0.05) is 6.07 Å². The third-order valence-corrected chi connectivity index (χ3v) is 6.25. The maximum atomic E-state index is 11.4. The molecule has 3 N–H and O–H groups in total. The Morgan fingerprint density at radius 3 is 2.30 bits per heavy atom. The second-order valence-corrected chi connectivity index (χ2v) is 7.33. The highest BCUT2D eigenvalue weighted by molar-refractivity contribution is 5.22. The molecule has 1 aromatic heterocycles. The van der Waals surface area contributed by atoms with Crippen LogP contribution in [0.15, 0.2) is 24.5 Å². The Labute approximate surface area is 120 Å². The number of nitrogens with zero attached hydrogens (tertiary/aromatic N) is 1. The molecule has 108 valence electrons. The molecule has 4 saturated carbocycles. The molecule has 0 spiro atoms. The molecular formula is C17H24N2O. The van der Waals surface area contributed by atoms with E-state index in [4.69, 9.17) is 5.73 Å². The zero-order chi connectivity index (χ0) is 13.7. The number of nitrogens with two attached hydrogens (primary N) is 1. The van der Waals surface area contributed by atoms with E-state index in [9.17, 15) is 5.11 Å². The van der Waals surface area contributed by atoms with Gasteiger partial charge >= 0.3 is 0 Å². The zero-order valence-electron chi connectivity index (χ0n) is 11.9. The van der Waals surface area contributed by atoms with Crippen molar-refractivity contribution in [2.75, 3.05) is 6.54 Å². The molecule has 4 bridgehead atoms. The maximum absolute atomic E-state index is 11.4. The monoisotopic (exact) mass is 272 g/mol. The van der Waals surface area contributed by atoms with E-state index in [0.29, 0.717) is 24.3 Å². The van der Waals surface area contributed by atoms with Gasteiger partial charge in [0.15, 0.2) is 0 Å². The predicted molar refractivity (Wildman–Crippen MR) is 77.7 cm³/mol. The summed E-state index contributed by atoms with van der Waals surface area (Å²) >= 11 is 0. The molecule has 3 heteroatoms. The molecule has 0 aliphatic heterocycles. The lowest BCUT2D eigenvalue weighted by atomic mass is 9.48. The van der Waals surface area contributed by atoms with Gasteiger partial charge in [0.1, 0.15) is 5.60 Å². The Kier molecular flexibility index (Phi) is 2.90. The van der Waals surface area contributed by atoms with Crippen molar-refractivity contribution in [2.24, 2.45) is 35.3 Å². The van der Waals surface area contributed by atoms with Crippen LogP contribution in [0, 0.1) is 29.6 Å². The summed E-state index contributed by atoms with van der Waals surface area (Å²) in [7, 11) is 0. The molecule has 0 amide bonds. The summed E-state index contributed by atoms with van der Waals surface area (Å²) in [6.45, 7) is 0.311. The number of hydrogen-bond donors (Lipinski definition) is 2. The average molecular weight is 272 g/mol. The van der Waals surface area contributed by atoms with Gasteiger partial charge in [-0.25, -0.2) is 0 Å². The molecule has 4 aliphatic rings. The first kappa shape index (κ1) is 12.8. The quantitative estimate of drug-likeness (QED) is 0.887. The van der Waals surface area contributed by atoms with Crippen molar-refractivity contribution < 1.29 is 5.11 Å². The molecule has 20 heavy (non-hydrogen) atoms. The first-order valence-electron chi connectivity index (χ1n) is 8.03. The van der Waals surface area contributed by atoms with Crippen LogP contribution in [0.5, 0.6) is 0 Å². The number of pyridine rings is 1. The number of rotatable bonds is 3. The number of hydrogen-bond acceptors (Lipinski definition) is 3. The van der Waals surface area contributed by atoms with E-state index in [0.717, 1.165) is 17.4 Å². The van der Waals surface area contributed by atoms with E-state index in [2.05, 4.69) is 4.98 Å². The first-order chi connectivity index (χ1) is 9.70. The summed E-state index contributed by atoms with van der Waals surface area (Å²) in [5.41, 5.74) is 6.08. The third kappa shape index (κ3) is 1.76. The second-order valence-electron chi connectivity index (χ2n) is 7.33. The van der Waals surface area contributed by atoms with Crippen LogP contribution in [0.1, 0.15) is 37.7 Å². The average Bonchev–Trinajstić information content (AvgIpc) is 2.46. The fourth-order valence-corrected chi connectivity index (χ4v) is 5.77. The van der Waals surface area contributed by atoms with E-state index in [-0.39, 0.29) is 0 Å². The number of aliphatic hydroxyl groups is 1. The van der Waals surface area contributed by atoms with Gasteiger partial charge in [-0.3, -0.25) is 4.98 Å². The van der Waals surface area contributed by atoms with Gasteiger partial charge in [-0.05, 0) is 67.8 Å². The molecular weight excluding hydrogens is 248 g/mol. The van der Waals surface area contributed by atoms with Gasteiger partial charge in [-0.2, -0.15) is 0 Å². The largest absolute Gasteiger partial charge is 0.383 e. The summed E-state index contributed by atoms with van der Waals surface area (Å²) < 4.78 is 0. The first-order valence-corrected chi connectivity index (χ1v) is 8.03. The Morgan fingerprint density at radius 1 is 1.15 bits per heavy atom. The van der Waals surface area contributed by atoms with Gasteiger partial charge in [0.05, 0.1) is 0 Å². The second kappa shape index (κ2) is 4.54. The smallest absolute Gasteiger partial charge is 0.107 e. The fourth-order valence-electron chi connectivity index (χ4n) is 5.77. The predicted octanol–water partition coefficient (Wildman–Crippen LogP) is 2.30. The highest BCUT2D eigenvalue weighted by Crippen LogP contribution is 2.60. The Morgan fingerprint density at radius 2 is 1.80 bits per heavy atom. The van der Waals surface area contributed by atoms with Gasteiger partial charge < -0.3 is 10.8 Å². The molecule has 1 heterocycles. The molecule has 1 atom stereocenters. The van der Waals surface area contributed by atoms with Crippen LogP contribution in [0.4, 0.5) is 0 Å². The lowest BCUT2D eigenvalue weighted by molar-refractivity contribution is -0.143. The molecule has 5 rings (SSSR count). The molecule has 3 nitrogen and oxygen atoms in total. The third-order valence-electron chi connectivity index (χ3n) is 6.25. The highest BCUT2D eigenvalue weighted by Gasteiger charge is 2.55. The molecule has 0 radical (unpaired) electrons.